The van der Waals surface area contributed by atoms with Gasteiger partial charge in [-0.05, 0) is 32.9 Å². The molecule has 1 aromatic carbocycles. The lowest BCUT2D eigenvalue weighted by Gasteiger charge is -2.23. The van der Waals surface area contributed by atoms with Gasteiger partial charge in [0.2, 0.25) is 0 Å². The van der Waals surface area contributed by atoms with Gasteiger partial charge in [-0.2, -0.15) is 0 Å². The number of urea groups is 1. The van der Waals surface area contributed by atoms with E-state index >= 15 is 0 Å². The number of rotatable bonds is 6. The summed E-state index contributed by atoms with van der Waals surface area (Å²) < 4.78 is 10.8. The number of hydrogen-bond acceptors (Lipinski definition) is 4. The third-order valence-corrected chi connectivity index (χ3v) is 3.73. The van der Waals surface area contributed by atoms with Gasteiger partial charge in [-0.3, -0.25) is 4.79 Å². The Kier molecular flexibility index (Phi) is 5.84. The number of carbonyl (C=O) groups is 2. The van der Waals surface area contributed by atoms with Crippen LogP contribution in [0.3, 0.4) is 0 Å². The Morgan fingerprint density at radius 2 is 1.96 bits per heavy atom. The molecule has 0 bridgehead atoms. The molecule has 1 N–H and O–H groups in total. The number of fused-ring (bicyclic) bond motifs is 1. The third-order valence-electron chi connectivity index (χ3n) is 3.73. The molecule has 0 aliphatic heterocycles. The first kappa shape index (κ1) is 17.8. The van der Waals surface area contributed by atoms with Crippen molar-refractivity contribution in [2.24, 2.45) is 0 Å². The van der Waals surface area contributed by atoms with E-state index < -0.39 is 0 Å². The summed E-state index contributed by atoms with van der Waals surface area (Å²) in [4.78, 5) is 25.2. The van der Waals surface area contributed by atoms with Gasteiger partial charge in [-0.15, -0.1) is 0 Å². The largest absolute Gasteiger partial charge is 0.463 e. The highest BCUT2D eigenvalue weighted by Gasteiger charge is 2.20. The summed E-state index contributed by atoms with van der Waals surface area (Å²) in [5.41, 5.74) is 0.796. The fourth-order valence-electron chi connectivity index (χ4n) is 2.29. The van der Waals surface area contributed by atoms with E-state index in [0.717, 1.165) is 11.0 Å². The average Bonchev–Trinajstić information content (AvgIpc) is 2.96. The van der Waals surface area contributed by atoms with Crippen molar-refractivity contribution in [1.82, 2.24) is 10.2 Å². The number of carbonyl (C=O) groups excluding carboxylic acids is 2. The zero-order valence-electron chi connectivity index (χ0n) is 14.5. The van der Waals surface area contributed by atoms with Crippen molar-refractivity contribution in [2.75, 3.05) is 13.6 Å². The van der Waals surface area contributed by atoms with Crippen LogP contribution < -0.4 is 5.32 Å². The second-order valence-corrected chi connectivity index (χ2v) is 5.99. The topological polar surface area (TPSA) is 71.8 Å². The Morgan fingerprint density at radius 3 is 2.62 bits per heavy atom. The Hall–Kier alpha value is -2.50. The van der Waals surface area contributed by atoms with Gasteiger partial charge in [-0.1, -0.05) is 18.2 Å². The highest BCUT2D eigenvalue weighted by atomic mass is 16.5. The van der Waals surface area contributed by atoms with E-state index in [9.17, 15) is 9.59 Å². The number of esters is 1. The van der Waals surface area contributed by atoms with Crippen molar-refractivity contribution < 1.29 is 18.7 Å². The lowest BCUT2D eigenvalue weighted by molar-refractivity contribution is -0.147. The van der Waals surface area contributed by atoms with E-state index in [4.69, 9.17) is 9.15 Å². The lowest BCUT2D eigenvalue weighted by atomic mass is 10.2. The van der Waals surface area contributed by atoms with Crippen LogP contribution in [0.15, 0.2) is 34.7 Å². The molecule has 0 aliphatic rings. The van der Waals surface area contributed by atoms with Crippen LogP contribution >= 0.6 is 0 Å². The molecule has 0 radical (unpaired) electrons. The second kappa shape index (κ2) is 7.86. The van der Waals surface area contributed by atoms with Gasteiger partial charge >= 0.3 is 12.0 Å². The Balaban J connectivity index is 1.88. The highest BCUT2D eigenvalue weighted by molar-refractivity contribution is 5.79. The number of furan rings is 1. The van der Waals surface area contributed by atoms with Crippen molar-refractivity contribution in [3.63, 3.8) is 0 Å². The molecule has 130 valence electrons. The molecule has 1 aromatic heterocycles. The zero-order valence-corrected chi connectivity index (χ0v) is 14.5. The number of ether oxygens (including phenoxy) is 1. The first-order valence-corrected chi connectivity index (χ1v) is 8.07. The fourth-order valence-corrected chi connectivity index (χ4v) is 2.29. The van der Waals surface area contributed by atoms with Crippen LogP contribution in [0.4, 0.5) is 4.79 Å². The monoisotopic (exact) mass is 332 g/mol. The van der Waals surface area contributed by atoms with Gasteiger partial charge in [0.1, 0.15) is 11.3 Å². The maximum absolute atomic E-state index is 12.2. The number of para-hydroxylation sites is 1. The zero-order chi connectivity index (χ0) is 17.7. The van der Waals surface area contributed by atoms with Crippen LogP contribution in [0.5, 0.6) is 0 Å². The molecule has 0 saturated carbocycles. The molecule has 6 nitrogen and oxygen atoms in total. The second-order valence-electron chi connectivity index (χ2n) is 5.99. The van der Waals surface area contributed by atoms with E-state index in [1.807, 2.05) is 37.3 Å². The van der Waals surface area contributed by atoms with E-state index in [-0.39, 0.29) is 37.1 Å². The summed E-state index contributed by atoms with van der Waals surface area (Å²) >= 11 is 0. The van der Waals surface area contributed by atoms with Crippen LogP contribution in [-0.2, 0) is 9.53 Å². The lowest BCUT2D eigenvalue weighted by Crippen LogP contribution is -2.39. The predicted molar refractivity (Wildman–Crippen MR) is 91.6 cm³/mol. The Morgan fingerprint density at radius 1 is 1.25 bits per heavy atom. The number of nitrogens with zero attached hydrogens (tertiary/aromatic N) is 1. The minimum atomic E-state index is -0.321. The summed E-state index contributed by atoms with van der Waals surface area (Å²) in [6.07, 6.45) is 0.000492. The molecule has 2 aromatic rings. The summed E-state index contributed by atoms with van der Waals surface area (Å²) in [7, 11) is 1.69. The first-order valence-electron chi connectivity index (χ1n) is 8.07. The van der Waals surface area contributed by atoms with Crippen LogP contribution in [-0.4, -0.2) is 36.6 Å². The van der Waals surface area contributed by atoms with E-state index in [1.165, 1.54) is 0 Å². The number of nitrogens with one attached hydrogen (secondary N) is 1. The molecular formula is C18H24N2O4. The molecule has 1 atom stereocenters. The van der Waals surface area contributed by atoms with Crippen LogP contribution in [0.25, 0.3) is 11.0 Å². The first-order chi connectivity index (χ1) is 11.4. The van der Waals surface area contributed by atoms with Gasteiger partial charge in [0.25, 0.3) is 0 Å². The third kappa shape index (κ3) is 4.50. The van der Waals surface area contributed by atoms with Crippen LogP contribution in [0.2, 0.25) is 0 Å². The van der Waals surface area contributed by atoms with Gasteiger partial charge in [0.05, 0.1) is 18.6 Å². The molecule has 0 fully saturated rings. The van der Waals surface area contributed by atoms with Crippen molar-refractivity contribution in [3.05, 3.63) is 36.1 Å². The standard InChI is InChI=1S/C18H24N2O4/c1-12(2)23-17(21)9-10-19-18(22)20(4)13(3)16-11-14-7-5-6-8-15(14)24-16/h5-8,11-13H,9-10H2,1-4H3,(H,19,22). The molecule has 1 unspecified atom stereocenters. The molecule has 0 saturated heterocycles. The molecule has 1 heterocycles. The Labute approximate surface area is 141 Å². The van der Waals surface area contributed by atoms with Crippen LogP contribution in [0.1, 0.15) is 39.0 Å². The van der Waals surface area contributed by atoms with E-state index in [0.29, 0.717) is 5.76 Å². The van der Waals surface area contributed by atoms with Crippen LogP contribution in [0, 0.1) is 0 Å². The van der Waals surface area contributed by atoms with Crippen molar-refractivity contribution in [2.45, 2.75) is 39.3 Å². The number of amides is 2. The summed E-state index contributed by atoms with van der Waals surface area (Å²) in [6.45, 7) is 5.71. The molecule has 0 spiro atoms. The van der Waals surface area contributed by atoms with Gasteiger partial charge < -0.3 is 19.4 Å². The molecule has 0 aliphatic carbocycles. The van der Waals surface area contributed by atoms with Crippen molar-refractivity contribution in [3.8, 4) is 0 Å². The number of benzene rings is 1. The molecule has 24 heavy (non-hydrogen) atoms. The minimum Gasteiger partial charge on any atom is -0.463 e. The van der Waals surface area contributed by atoms with Crippen molar-refractivity contribution >= 4 is 23.0 Å². The van der Waals surface area contributed by atoms with E-state index in [1.54, 1.807) is 25.8 Å². The normalized spacial score (nSPS) is 12.2. The Bertz CT molecular complexity index is 675. The van der Waals surface area contributed by atoms with Gasteiger partial charge in [0.15, 0.2) is 0 Å². The molecular weight excluding hydrogens is 308 g/mol. The highest BCUT2D eigenvalue weighted by Crippen LogP contribution is 2.26. The van der Waals surface area contributed by atoms with Gasteiger partial charge in [0, 0.05) is 19.0 Å². The minimum absolute atomic E-state index is 0.149. The summed E-state index contributed by atoms with van der Waals surface area (Å²) in [6, 6.07) is 9.16. The number of hydrogen-bond donors (Lipinski definition) is 1. The summed E-state index contributed by atoms with van der Waals surface area (Å²) in [5.74, 6) is 0.395. The summed E-state index contributed by atoms with van der Waals surface area (Å²) in [5, 5.41) is 3.72. The average molecular weight is 332 g/mol. The van der Waals surface area contributed by atoms with E-state index in [2.05, 4.69) is 5.32 Å². The molecule has 6 heteroatoms. The maximum atomic E-state index is 12.2. The molecule has 2 rings (SSSR count). The predicted octanol–water partition coefficient (Wildman–Crippen LogP) is 3.48. The van der Waals surface area contributed by atoms with Crippen molar-refractivity contribution in [1.29, 1.82) is 0 Å². The smallest absolute Gasteiger partial charge is 0.317 e. The fraction of sp³-hybridized carbons (Fsp3) is 0.444. The SMILES string of the molecule is CC(C)OC(=O)CCNC(=O)N(C)C(C)c1cc2ccccc2o1. The quantitative estimate of drug-likeness (QED) is 0.822. The van der Waals surface area contributed by atoms with Gasteiger partial charge in [-0.25, -0.2) is 4.79 Å². The maximum Gasteiger partial charge on any atom is 0.317 e. The molecule has 2 amide bonds.